The number of nitrogens with zero attached hydrogens (tertiary/aromatic N) is 1. The number of hydrogen-bond donors (Lipinski definition) is 1. The third kappa shape index (κ3) is 5.60. The number of amides is 1. The first-order chi connectivity index (χ1) is 16.1. The van der Waals surface area contributed by atoms with Crippen molar-refractivity contribution in [2.75, 3.05) is 22.8 Å². The van der Waals surface area contributed by atoms with E-state index in [1.165, 1.54) is 36.4 Å². The van der Waals surface area contributed by atoms with Crippen molar-refractivity contribution in [1.82, 2.24) is 0 Å². The van der Waals surface area contributed by atoms with E-state index in [1.54, 1.807) is 38.1 Å². The first kappa shape index (κ1) is 24.9. The van der Waals surface area contributed by atoms with Crippen LogP contribution >= 0.6 is 0 Å². The highest BCUT2D eigenvalue weighted by atomic mass is 32.2. The molecule has 3 aromatic rings. The smallest absolute Gasteiger partial charge is 0.338 e. The molecule has 0 aliphatic rings. The Morgan fingerprint density at radius 2 is 1.68 bits per heavy atom. The molecule has 1 N–H and O–H groups in total. The topological polar surface area (TPSA) is 92.8 Å². The number of esters is 1. The van der Waals surface area contributed by atoms with E-state index >= 15 is 0 Å². The molecule has 3 aromatic carbocycles. The van der Waals surface area contributed by atoms with Crippen LogP contribution in [0, 0.1) is 19.7 Å². The van der Waals surface area contributed by atoms with E-state index in [-0.39, 0.29) is 22.8 Å². The lowest BCUT2D eigenvalue weighted by atomic mass is 10.1. The van der Waals surface area contributed by atoms with Crippen LogP contribution in [-0.4, -0.2) is 33.4 Å². The van der Waals surface area contributed by atoms with Crippen molar-refractivity contribution in [1.29, 1.82) is 0 Å². The number of rotatable bonds is 8. The van der Waals surface area contributed by atoms with Crippen molar-refractivity contribution in [2.24, 2.45) is 0 Å². The van der Waals surface area contributed by atoms with Gasteiger partial charge in [-0.25, -0.2) is 17.6 Å². The highest BCUT2D eigenvalue weighted by Crippen LogP contribution is 2.27. The van der Waals surface area contributed by atoms with E-state index in [9.17, 15) is 22.4 Å². The first-order valence-corrected chi connectivity index (χ1v) is 12.0. The van der Waals surface area contributed by atoms with Gasteiger partial charge in [0.1, 0.15) is 12.4 Å². The Kier molecular flexibility index (Phi) is 7.68. The summed E-state index contributed by atoms with van der Waals surface area (Å²) in [5, 5.41) is 2.62. The van der Waals surface area contributed by atoms with Gasteiger partial charge in [-0.3, -0.25) is 9.10 Å². The Balaban J connectivity index is 1.94. The Morgan fingerprint density at radius 3 is 2.32 bits per heavy atom. The Labute approximate surface area is 198 Å². The number of aryl methyl sites for hydroxylation is 2. The fourth-order valence-corrected chi connectivity index (χ4v) is 4.64. The number of carbonyl (C=O) groups excluding carboxylic acids is 2. The molecule has 3 rings (SSSR count). The number of anilines is 2. The molecular weight excluding hydrogens is 459 g/mol. The van der Waals surface area contributed by atoms with Crippen LogP contribution in [0.25, 0.3) is 0 Å². The monoisotopic (exact) mass is 484 g/mol. The summed E-state index contributed by atoms with van der Waals surface area (Å²) in [6, 6.07) is 16.0. The number of halogens is 1. The standard InChI is InChI=1S/C25H25FN2O5S/c1-4-33-25(30)19-12-11-18(3)22(15-19)27-24(29)16-28(23-8-6-5-7-21(23)26)34(31,32)20-13-9-17(2)10-14-20/h5-15H,4,16H2,1-3H3,(H,27,29). The second kappa shape index (κ2) is 10.5. The lowest BCUT2D eigenvalue weighted by Gasteiger charge is -2.24. The highest BCUT2D eigenvalue weighted by molar-refractivity contribution is 7.92. The second-order valence-electron chi connectivity index (χ2n) is 7.57. The molecule has 0 heterocycles. The average molecular weight is 485 g/mol. The van der Waals surface area contributed by atoms with Crippen molar-refractivity contribution >= 4 is 33.3 Å². The summed E-state index contributed by atoms with van der Waals surface area (Å²) in [4.78, 5) is 24.9. The third-order valence-electron chi connectivity index (χ3n) is 5.04. The SMILES string of the molecule is CCOC(=O)c1ccc(C)c(NC(=O)CN(c2ccccc2F)S(=O)(=O)c2ccc(C)cc2)c1. The minimum Gasteiger partial charge on any atom is -0.462 e. The van der Waals surface area contributed by atoms with Gasteiger partial charge in [-0.2, -0.15) is 0 Å². The summed E-state index contributed by atoms with van der Waals surface area (Å²) in [7, 11) is -4.26. The predicted molar refractivity (Wildman–Crippen MR) is 128 cm³/mol. The lowest BCUT2D eigenvalue weighted by Crippen LogP contribution is -2.38. The normalized spacial score (nSPS) is 11.1. The first-order valence-electron chi connectivity index (χ1n) is 10.5. The maximum absolute atomic E-state index is 14.6. The summed E-state index contributed by atoms with van der Waals surface area (Å²) in [6.45, 7) is 4.73. The van der Waals surface area contributed by atoms with E-state index in [1.807, 2.05) is 6.92 Å². The Morgan fingerprint density at radius 1 is 1.00 bits per heavy atom. The van der Waals surface area contributed by atoms with Crippen LogP contribution in [0.15, 0.2) is 71.6 Å². The van der Waals surface area contributed by atoms with Gasteiger partial charge in [-0.15, -0.1) is 0 Å². The highest BCUT2D eigenvalue weighted by Gasteiger charge is 2.29. The van der Waals surface area contributed by atoms with Crippen molar-refractivity contribution in [2.45, 2.75) is 25.7 Å². The molecule has 0 atom stereocenters. The van der Waals surface area contributed by atoms with E-state index in [4.69, 9.17) is 4.74 Å². The fraction of sp³-hybridized carbons (Fsp3) is 0.200. The minimum absolute atomic E-state index is 0.0744. The Bertz CT molecular complexity index is 1310. The molecule has 34 heavy (non-hydrogen) atoms. The molecule has 1 amide bonds. The largest absolute Gasteiger partial charge is 0.462 e. The third-order valence-corrected chi connectivity index (χ3v) is 6.81. The fourth-order valence-electron chi connectivity index (χ4n) is 3.21. The molecule has 0 saturated carbocycles. The summed E-state index contributed by atoms with van der Waals surface area (Å²) in [5.74, 6) is -2.04. The number of carbonyl (C=O) groups is 2. The van der Waals surface area contributed by atoms with Crippen LogP contribution in [-0.2, 0) is 19.6 Å². The zero-order chi connectivity index (χ0) is 24.9. The van der Waals surface area contributed by atoms with Gasteiger partial charge in [0.05, 0.1) is 22.8 Å². The molecule has 0 unspecified atom stereocenters. The van der Waals surface area contributed by atoms with Gasteiger partial charge in [0.15, 0.2) is 0 Å². The molecular formula is C25H25FN2O5S. The molecule has 0 aromatic heterocycles. The second-order valence-corrected chi connectivity index (χ2v) is 9.44. The van der Waals surface area contributed by atoms with E-state index in [0.717, 1.165) is 15.9 Å². The lowest BCUT2D eigenvalue weighted by molar-refractivity contribution is -0.114. The van der Waals surface area contributed by atoms with Gasteiger partial charge in [-0.1, -0.05) is 35.9 Å². The number of nitrogens with one attached hydrogen (secondary N) is 1. The van der Waals surface area contributed by atoms with Gasteiger partial charge < -0.3 is 10.1 Å². The van der Waals surface area contributed by atoms with Crippen LogP contribution in [0.3, 0.4) is 0 Å². The van der Waals surface area contributed by atoms with Crippen LogP contribution in [0.1, 0.15) is 28.4 Å². The molecule has 0 radical (unpaired) electrons. The average Bonchev–Trinajstić information content (AvgIpc) is 2.80. The van der Waals surface area contributed by atoms with Crippen molar-refractivity contribution < 1.29 is 27.1 Å². The zero-order valence-corrected chi connectivity index (χ0v) is 19.9. The number of para-hydroxylation sites is 1. The van der Waals surface area contributed by atoms with Crippen molar-refractivity contribution in [3.63, 3.8) is 0 Å². The van der Waals surface area contributed by atoms with Crippen LogP contribution in [0.4, 0.5) is 15.8 Å². The predicted octanol–water partition coefficient (Wildman–Crippen LogP) is 4.45. The maximum atomic E-state index is 14.6. The van der Waals surface area contributed by atoms with Crippen LogP contribution in [0.2, 0.25) is 0 Å². The summed E-state index contributed by atoms with van der Waals surface area (Å²) in [6.07, 6.45) is 0. The van der Waals surface area contributed by atoms with Gasteiger partial charge in [0.2, 0.25) is 5.91 Å². The molecule has 178 valence electrons. The summed E-state index contributed by atoms with van der Waals surface area (Å²) in [5.41, 5.74) is 1.80. The van der Waals surface area contributed by atoms with E-state index in [2.05, 4.69) is 5.32 Å². The quantitative estimate of drug-likeness (QED) is 0.477. The molecule has 0 spiro atoms. The van der Waals surface area contributed by atoms with E-state index < -0.39 is 34.3 Å². The molecule has 0 bridgehead atoms. The number of benzene rings is 3. The van der Waals surface area contributed by atoms with Crippen molar-refractivity contribution in [3.8, 4) is 0 Å². The van der Waals surface area contributed by atoms with Gasteiger partial charge in [-0.05, 0) is 62.7 Å². The maximum Gasteiger partial charge on any atom is 0.338 e. The number of ether oxygens (including phenoxy) is 1. The minimum atomic E-state index is -4.26. The molecule has 0 saturated heterocycles. The number of hydrogen-bond acceptors (Lipinski definition) is 5. The van der Waals surface area contributed by atoms with Crippen LogP contribution < -0.4 is 9.62 Å². The molecule has 0 aliphatic carbocycles. The van der Waals surface area contributed by atoms with Gasteiger partial charge in [0, 0.05) is 5.69 Å². The molecule has 0 fully saturated rings. The zero-order valence-electron chi connectivity index (χ0n) is 19.0. The van der Waals surface area contributed by atoms with Gasteiger partial charge >= 0.3 is 5.97 Å². The van der Waals surface area contributed by atoms with Crippen LogP contribution in [0.5, 0.6) is 0 Å². The number of sulfonamides is 1. The Hall–Kier alpha value is -3.72. The molecule has 0 aliphatic heterocycles. The molecule has 7 nitrogen and oxygen atoms in total. The van der Waals surface area contributed by atoms with Gasteiger partial charge in [0.25, 0.3) is 10.0 Å². The summed E-state index contributed by atoms with van der Waals surface area (Å²) >= 11 is 0. The van der Waals surface area contributed by atoms with Crippen molar-refractivity contribution in [3.05, 3.63) is 89.2 Å². The van der Waals surface area contributed by atoms with E-state index in [0.29, 0.717) is 11.3 Å². The molecule has 9 heteroatoms. The summed E-state index contributed by atoms with van der Waals surface area (Å²) < 4.78 is 47.1.